The Kier molecular flexibility index (Phi) is 6.95. The maximum Gasteiger partial charge on any atom is 0.320 e. The standard InChI is InChI=1S/C18H19N3O4/c1-23-14-7-8-16(17(12-14)24-2)21-18(22)20-10-3-4-11-25-15-6-5-9-19-13-15/h5-9,12-13H,10-11H2,1-2H3,(H2,20,21,22). The smallest absolute Gasteiger partial charge is 0.320 e. The molecule has 0 fully saturated rings. The number of methoxy groups -OCH3 is 2. The van der Waals surface area contributed by atoms with Crippen molar-refractivity contribution in [1.82, 2.24) is 10.3 Å². The van der Waals surface area contributed by atoms with E-state index in [0.717, 1.165) is 0 Å². The second kappa shape index (κ2) is 9.67. The first-order valence-electron chi connectivity index (χ1n) is 7.48. The zero-order valence-corrected chi connectivity index (χ0v) is 14.0. The molecule has 0 aliphatic rings. The Morgan fingerprint density at radius 1 is 1.16 bits per heavy atom. The Balaban J connectivity index is 1.75. The van der Waals surface area contributed by atoms with E-state index < -0.39 is 0 Å². The highest BCUT2D eigenvalue weighted by atomic mass is 16.5. The molecule has 25 heavy (non-hydrogen) atoms. The number of nitrogens with zero attached hydrogens (tertiary/aromatic N) is 1. The van der Waals surface area contributed by atoms with Crippen molar-refractivity contribution >= 4 is 11.7 Å². The van der Waals surface area contributed by atoms with Crippen molar-refractivity contribution in [2.24, 2.45) is 0 Å². The zero-order chi connectivity index (χ0) is 17.9. The third-order valence-corrected chi connectivity index (χ3v) is 3.06. The van der Waals surface area contributed by atoms with Gasteiger partial charge in [-0.3, -0.25) is 4.98 Å². The van der Waals surface area contributed by atoms with E-state index >= 15 is 0 Å². The second-order valence-corrected chi connectivity index (χ2v) is 4.70. The molecule has 0 atom stereocenters. The molecule has 2 aromatic rings. The summed E-state index contributed by atoms with van der Waals surface area (Å²) in [5.74, 6) is 7.40. The molecule has 1 aromatic carbocycles. The number of nitrogens with one attached hydrogen (secondary N) is 2. The van der Waals surface area contributed by atoms with Gasteiger partial charge in [-0.15, -0.1) is 0 Å². The van der Waals surface area contributed by atoms with Gasteiger partial charge in [-0.25, -0.2) is 4.79 Å². The number of ether oxygens (including phenoxy) is 3. The summed E-state index contributed by atoms with van der Waals surface area (Å²) in [4.78, 5) is 15.8. The van der Waals surface area contributed by atoms with Crippen molar-refractivity contribution in [1.29, 1.82) is 0 Å². The van der Waals surface area contributed by atoms with E-state index in [2.05, 4.69) is 27.5 Å². The minimum Gasteiger partial charge on any atom is -0.497 e. The molecule has 130 valence electrons. The quantitative estimate of drug-likeness (QED) is 0.788. The number of pyridine rings is 1. The first-order chi connectivity index (χ1) is 12.2. The maximum atomic E-state index is 11.9. The van der Waals surface area contributed by atoms with Crippen LogP contribution in [-0.2, 0) is 0 Å². The summed E-state index contributed by atoms with van der Waals surface area (Å²) in [6, 6.07) is 8.31. The van der Waals surface area contributed by atoms with Gasteiger partial charge < -0.3 is 24.8 Å². The fraction of sp³-hybridized carbons (Fsp3) is 0.222. The van der Waals surface area contributed by atoms with Crippen LogP contribution >= 0.6 is 0 Å². The lowest BCUT2D eigenvalue weighted by molar-refractivity contribution is 0.253. The Morgan fingerprint density at radius 2 is 2.04 bits per heavy atom. The molecule has 0 saturated heterocycles. The van der Waals surface area contributed by atoms with E-state index in [1.807, 2.05) is 0 Å². The van der Waals surface area contributed by atoms with Crippen LogP contribution in [0.15, 0.2) is 42.7 Å². The number of carbonyl (C=O) groups excluding carboxylic acids is 1. The molecule has 0 aliphatic carbocycles. The van der Waals surface area contributed by atoms with Crippen LogP contribution in [0.2, 0.25) is 0 Å². The van der Waals surface area contributed by atoms with Crippen molar-refractivity contribution in [3.63, 3.8) is 0 Å². The van der Waals surface area contributed by atoms with E-state index in [0.29, 0.717) is 22.9 Å². The Labute approximate surface area is 146 Å². The Hall–Kier alpha value is -3.40. The van der Waals surface area contributed by atoms with Crippen LogP contribution in [-0.4, -0.2) is 38.4 Å². The minimum atomic E-state index is -0.383. The summed E-state index contributed by atoms with van der Waals surface area (Å²) in [5.41, 5.74) is 0.536. The summed E-state index contributed by atoms with van der Waals surface area (Å²) in [7, 11) is 3.08. The van der Waals surface area contributed by atoms with Gasteiger partial charge in [0.1, 0.15) is 23.9 Å². The number of aromatic nitrogens is 1. The summed E-state index contributed by atoms with van der Waals surface area (Å²) >= 11 is 0. The van der Waals surface area contributed by atoms with Crippen LogP contribution < -0.4 is 24.8 Å². The summed E-state index contributed by atoms with van der Waals surface area (Å²) < 4.78 is 15.7. The molecule has 7 heteroatoms. The Bertz CT molecular complexity index is 754. The van der Waals surface area contributed by atoms with E-state index in [-0.39, 0.29) is 19.2 Å². The van der Waals surface area contributed by atoms with Crippen LogP contribution in [0.5, 0.6) is 17.2 Å². The molecule has 0 saturated carbocycles. The molecule has 0 radical (unpaired) electrons. The number of urea groups is 1. The average molecular weight is 341 g/mol. The van der Waals surface area contributed by atoms with Crippen LogP contribution in [0.4, 0.5) is 10.5 Å². The molecule has 0 spiro atoms. The van der Waals surface area contributed by atoms with Gasteiger partial charge in [0, 0.05) is 12.3 Å². The minimum absolute atomic E-state index is 0.195. The van der Waals surface area contributed by atoms with Gasteiger partial charge in [0.2, 0.25) is 0 Å². The highest BCUT2D eigenvalue weighted by Crippen LogP contribution is 2.28. The maximum absolute atomic E-state index is 11.9. The molecular formula is C18H19N3O4. The highest BCUT2D eigenvalue weighted by Gasteiger charge is 2.07. The number of benzene rings is 1. The number of carbonyl (C=O) groups is 1. The third-order valence-electron chi connectivity index (χ3n) is 3.06. The number of rotatable bonds is 6. The molecule has 1 aromatic heterocycles. The summed E-state index contributed by atoms with van der Waals surface area (Å²) in [5, 5.41) is 5.32. The van der Waals surface area contributed by atoms with Gasteiger partial charge in [0.15, 0.2) is 0 Å². The third kappa shape index (κ3) is 5.95. The van der Waals surface area contributed by atoms with Gasteiger partial charge in [0.05, 0.1) is 32.6 Å². The molecule has 0 aliphatic heterocycles. The van der Waals surface area contributed by atoms with E-state index in [9.17, 15) is 4.79 Å². The first kappa shape index (κ1) is 17.9. The number of amides is 2. The van der Waals surface area contributed by atoms with Crippen LogP contribution in [0.1, 0.15) is 0 Å². The molecule has 0 unspecified atom stereocenters. The fourth-order valence-corrected chi connectivity index (χ4v) is 1.86. The lowest BCUT2D eigenvalue weighted by atomic mass is 10.2. The van der Waals surface area contributed by atoms with Crippen molar-refractivity contribution in [2.45, 2.75) is 0 Å². The second-order valence-electron chi connectivity index (χ2n) is 4.70. The predicted molar refractivity (Wildman–Crippen MR) is 94.1 cm³/mol. The lowest BCUT2D eigenvalue weighted by Crippen LogP contribution is -2.29. The van der Waals surface area contributed by atoms with E-state index in [1.165, 1.54) is 7.11 Å². The monoisotopic (exact) mass is 341 g/mol. The van der Waals surface area contributed by atoms with Gasteiger partial charge in [0.25, 0.3) is 0 Å². The van der Waals surface area contributed by atoms with Crippen molar-refractivity contribution in [3.05, 3.63) is 42.7 Å². The van der Waals surface area contributed by atoms with E-state index in [4.69, 9.17) is 14.2 Å². The largest absolute Gasteiger partial charge is 0.497 e. The number of anilines is 1. The van der Waals surface area contributed by atoms with Gasteiger partial charge in [-0.05, 0) is 24.3 Å². The molecule has 2 N–H and O–H groups in total. The van der Waals surface area contributed by atoms with E-state index in [1.54, 1.807) is 49.8 Å². The fourth-order valence-electron chi connectivity index (χ4n) is 1.86. The highest BCUT2D eigenvalue weighted by molar-refractivity contribution is 5.91. The van der Waals surface area contributed by atoms with Gasteiger partial charge in [-0.2, -0.15) is 0 Å². The summed E-state index contributed by atoms with van der Waals surface area (Å²) in [6.07, 6.45) is 3.27. The summed E-state index contributed by atoms with van der Waals surface area (Å²) in [6.45, 7) is 0.419. The number of hydrogen-bond acceptors (Lipinski definition) is 5. The van der Waals surface area contributed by atoms with Crippen molar-refractivity contribution in [3.8, 4) is 29.1 Å². The van der Waals surface area contributed by atoms with Crippen molar-refractivity contribution < 1.29 is 19.0 Å². The molecule has 2 amide bonds. The van der Waals surface area contributed by atoms with Crippen LogP contribution in [0.25, 0.3) is 0 Å². The molecule has 1 heterocycles. The first-order valence-corrected chi connectivity index (χ1v) is 7.48. The van der Waals surface area contributed by atoms with Gasteiger partial charge >= 0.3 is 6.03 Å². The molecular weight excluding hydrogens is 322 g/mol. The molecule has 2 rings (SSSR count). The number of hydrogen-bond donors (Lipinski definition) is 2. The molecule has 7 nitrogen and oxygen atoms in total. The average Bonchev–Trinajstić information content (AvgIpc) is 2.65. The van der Waals surface area contributed by atoms with Crippen LogP contribution in [0.3, 0.4) is 0 Å². The zero-order valence-electron chi connectivity index (χ0n) is 14.0. The SMILES string of the molecule is COc1ccc(NC(=O)NCC#CCOc2cccnc2)c(OC)c1. The Morgan fingerprint density at radius 3 is 2.76 bits per heavy atom. The van der Waals surface area contributed by atoms with Gasteiger partial charge in [-0.1, -0.05) is 11.8 Å². The topological polar surface area (TPSA) is 81.7 Å². The van der Waals surface area contributed by atoms with Crippen molar-refractivity contribution in [2.75, 3.05) is 32.7 Å². The normalized spacial score (nSPS) is 9.36. The van der Waals surface area contributed by atoms with Crippen LogP contribution in [0, 0.1) is 11.8 Å². The predicted octanol–water partition coefficient (Wildman–Crippen LogP) is 2.30. The lowest BCUT2D eigenvalue weighted by Gasteiger charge is -2.11. The molecule has 0 bridgehead atoms.